The van der Waals surface area contributed by atoms with Crippen LogP contribution in [0.1, 0.15) is 29.9 Å². The van der Waals surface area contributed by atoms with Gasteiger partial charge >= 0.3 is 5.97 Å². The first kappa shape index (κ1) is 18.4. The molecule has 140 valence electrons. The molecule has 1 fully saturated rings. The molecule has 26 heavy (non-hydrogen) atoms. The Hall–Kier alpha value is -2.38. The number of methoxy groups -OCH3 is 1. The molecule has 0 bridgehead atoms. The zero-order valence-corrected chi connectivity index (χ0v) is 15.6. The van der Waals surface area contributed by atoms with Crippen molar-refractivity contribution in [1.29, 1.82) is 0 Å². The lowest BCUT2D eigenvalue weighted by molar-refractivity contribution is -0.907. The zero-order valence-electron chi connectivity index (χ0n) is 15.6. The molecular weight excluding hydrogens is 334 g/mol. The fraction of sp³-hybridized carbons (Fsp3) is 0.474. The molecule has 7 heteroatoms. The fourth-order valence-electron chi connectivity index (χ4n) is 3.64. The van der Waals surface area contributed by atoms with Crippen molar-refractivity contribution in [2.75, 3.05) is 32.1 Å². The normalized spacial score (nSPS) is 23.0. The van der Waals surface area contributed by atoms with Crippen LogP contribution in [0, 0.1) is 6.92 Å². The Balaban J connectivity index is 1.82. The minimum absolute atomic E-state index is 0.128. The molecule has 0 radical (unpaired) electrons. The van der Waals surface area contributed by atoms with E-state index in [-0.39, 0.29) is 23.8 Å². The number of anilines is 1. The van der Waals surface area contributed by atoms with E-state index >= 15 is 0 Å². The number of aromatic nitrogens is 1. The Morgan fingerprint density at radius 2 is 2.00 bits per heavy atom. The van der Waals surface area contributed by atoms with E-state index in [4.69, 9.17) is 9.47 Å². The molecule has 7 nitrogen and oxygen atoms in total. The molecule has 2 heterocycles. The van der Waals surface area contributed by atoms with Gasteiger partial charge < -0.3 is 24.7 Å². The SMILES string of the molecule is COC(=O)c1[nH]c2cc(C)ccc2c1NC(=O)C[NH+]1C[C@@H](C)O[C@H](C)C1. The number of aryl methyl sites for hydroxylation is 1. The van der Waals surface area contributed by atoms with Crippen LogP contribution in [0.4, 0.5) is 5.69 Å². The third-order valence-electron chi connectivity index (χ3n) is 4.64. The number of carbonyl (C=O) groups is 2. The van der Waals surface area contributed by atoms with E-state index in [1.165, 1.54) is 12.0 Å². The first-order valence-electron chi connectivity index (χ1n) is 8.87. The van der Waals surface area contributed by atoms with Crippen molar-refractivity contribution in [1.82, 2.24) is 4.98 Å². The highest BCUT2D eigenvalue weighted by Crippen LogP contribution is 2.29. The minimum Gasteiger partial charge on any atom is -0.464 e. The average Bonchev–Trinajstić information content (AvgIpc) is 2.90. The minimum atomic E-state index is -0.505. The lowest BCUT2D eigenvalue weighted by Crippen LogP contribution is -3.16. The summed E-state index contributed by atoms with van der Waals surface area (Å²) in [4.78, 5) is 29.0. The smallest absolute Gasteiger partial charge is 0.356 e. The molecule has 1 aliphatic rings. The third kappa shape index (κ3) is 3.89. The van der Waals surface area contributed by atoms with Crippen LogP contribution in [0.3, 0.4) is 0 Å². The molecule has 2 aromatic rings. The fourth-order valence-corrected chi connectivity index (χ4v) is 3.64. The summed E-state index contributed by atoms with van der Waals surface area (Å²) < 4.78 is 10.6. The van der Waals surface area contributed by atoms with Crippen LogP contribution in [0.25, 0.3) is 10.9 Å². The van der Waals surface area contributed by atoms with Crippen LogP contribution in [0.2, 0.25) is 0 Å². The Bertz CT molecular complexity index is 820. The van der Waals surface area contributed by atoms with E-state index in [2.05, 4.69) is 10.3 Å². The second-order valence-electron chi connectivity index (χ2n) is 7.06. The third-order valence-corrected chi connectivity index (χ3v) is 4.64. The maximum Gasteiger partial charge on any atom is 0.356 e. The summed E-state index contributed by atoms with van der Waals surface area (Å²) in [6.45, 7) is 7.91. The molecule has 3 N–H and O–H groups in total. The maximum atomic E-state index is 12.6. The molecule has 3 rings (SSSR count). The first-order valence-corrected chi connectivity index (χ1v) is 8.87. The number of ether oxygens (including phenoxy) is 2. The monoisotopic (exact) mass is 360 g/mol. The first-order chi connectivity index (χ1) is 12.4. The summed E-state index contributed by atoms with van der Waals surface area (Å²) in [5.74, 6) is -0.636. The Kier molecular flexibility index (Phi) is 5.29. The molecule has 1 amide bonds. The summed E-state index contributed by atoms with van der Waals surface area (Å²) in [5, 5.41) is 3.71. The van der Waals surface area contributed by atoms with Crippen LogP contribution >= 0.6 is 0 Å². The number of rotatable bonds is 4. The summed E-state index contributed by atoms with van der Waals surface area (Å²) >= 11 is 0. The molecule has 1 aromatic heterocycles. The van der Waals surface area contributed by atoms with Gasteiger partial charge in [-0.2, -0.15) is 0 Å². The van der Waals surface area contributed by atoms with E-state index in [1.54, 1.807) is 0 Å². The predicted molar refractivity (Wildman–Crippen MR) is 98.6 cm³/mol. The summed E-state index contributed by atoms with van der Waals surface area (Å²) in [7, 11) is 1.32. The van der Waals surface area contributed by atoms with Crippen molar-refractivity contribution in [2.24, 2.45) is 0 Å². The van der Waals surface area contributed by atoms with Crippen molar-refractivity contribution in [2.45, 2.75) is 33.0 Å². The van der Waals surface area contributed by atoms with Crippen LogP contribution in [-0.2, 0) is 14.3 Å². The molecule has 0 spiro atoms. The highest BCUT2D eigenvalue weighted by molar-refractivity contribution is 6.11. The van der Waals surface area contributed by atoms with Crippen LogP contribution in [0.5, 0.6) is 0 Å². The number of hydrogen-bond acceptors (Lipinski definition) is 4. The number of fused-ring (bicyclic) bond motifs is 1. The van der Waals surface area contributed by atoms with E-state index in [9.17, 15) is 9.59 Å². The van der Waals surface area contributed by atoms with Gasteiger partial charge in [0.1, 0.15) is 31.0 Å². The van der Waals surface area contributed by atoms with Crippen molar-refractivity contribution in [3.05, 3.63) is 29.5 Å². The van der Waals surface area contributed by atoms with Gasteiger partial charge in [-0.15, -0.1) is 0 Å². The van der Waals surface area contributed by atoms with Crippen LogP contribution < -0.4 is 10.2 Å². The van der Waals surface area contributed by atoms with Gasteiger partial charge in [-0.05, 0) is 32.4 Å². The standard InChI is InChI=1S/C19H25N3O4/c1-11-5-6-14-15(7-11)20-18(19(24)25-4)17(14)21-16(23)10-22-8-12(2)26-13(3)9-22/h5-7,12-13,20H,8-10H2,1-4H3,(H,21,23)/p+1/t12-,13-/m1/s1. The number of benzene rings is 1. The Morgan fingerprint density at radius 1 is 1.31 bits per heavy atom. The van der Waals surface area contributed by atoms with Crippen LogP contribution in [0.15, 0.2) is 18.2 Å². The molecule has 2 atom stereocenters. The van der Waals surface area contributed by atoms with E-state index < -0.39 is 5.97 Å². The summed E-state index contributed by atoms with van der Waals surface area (Å²) in [5.41, 5.74) is 2.60. The van der Waals surface area contributed by atoms with Gasteiger partial charge in [-0.1, -0.05) is 12.1 Å². The highest BCUT2D eigenvalue weighted by atomic mass is 16.5. The average molecular weight is 360 g/mol. The Labute approximate surface area is 152 Å². The topological polar surface area (TPSA) is 84.9 Å². The number of hydrogen-bond donors (Lipinski definition) is 3. The summed E-state index contributed by atoms with van der Waals surface area (Å²) in [6, 6.07) is 5.78. The molecule has 0 saturated carbocycles. The number of nitrogens with one attached hydrogen (secondary N) is 3. The van der Waals surface area contributed by atoms with Crippen molar-refractivity contribution in [3.8, 4) is 0 Å². The van der Waals surface area contributed by atoms with E-state index in [1.807, 2.05) is 39.0 Å². The largest absolute Gasteiger partial charge is 0.464 e. The van der Waals surface area contributed by atoms with Crippen LogP contribution in [-0.4, -0.2) is 55.8 Å². The molecule has 0 aliphatic carbocycles. The second-order valence-corrected chi connectivity index (χ2v) is 7.06. The lowest BCUT2D eigenvalue weighted by atomic mass is 10.1. The predicted octanol–water partition coefficient (Wildman–Crippen LogP) is 0.894. The number of aromatic amines is 1. The number of quaternary nitrogens is 1. The van der Waals surface area contributed by atoms with Gasteiger partial charge in [0, 0.05) is 10.9 Å². The van der Waals surface area contributed by atoms with E-state index in [0.717, 1.165) is 29.6 Å². The van der Waals surface area contributed by atoms with Gasteiger partial charge in [-0.25, -0.2) is 4.79 Å². The van der Waals surface area contributed by atoms with Gasteiger partial charge in [-0.3, -0.25) is 4.79 Å². The quantitative estimate of drug-likeness (QED) is 0.707. The number of carbonyl (C=O) groups excluding carboxylic acids is 2. The number of morpholine rings is 1. The number of H-pyrrole nitrogens is 1. The maximum absolute atomic E-state index is 12.6. The second kappa shape index (κ2) is 7.47. The number of esters is 1. The number of amides is 1. The lowest BCUT2D eigenvalue weighted by Gasteiger charge is -2.31. The van der Waals surface area contributed by atoms with Gasteiger partial charge in [0.2, 0.25) is 0 Å². The molecule has 0 unspecified atom stereocenters. The highest BCUT2D eigenvalue weighted by Gasteiger charge is 2.28. The van der Waals surface area contributed by atoms with Crippen molar-refractivity contribution < 1.29 is 24.0 Å². The molecule has 1 aliphatic heterocycles. The molecular formula is C19H26N3O4+. The Morgan fingerprint density at radius 3 is 2.65 bits per heavy atom. The van der Waals surface area contributed by atoms with Crippen molar-refractivity contribution >= 4 is 28.5 Å². The zero-order chi connectivity index (χ0) is 18.8. The van der Waals surface area contributed by atoms with Gasteiger partial charge in [0.15, 0.2) is 6.54 Å². The van der Waals surface area contributed by atoms with Gasteiger partial charge in [0.05, 0.1) is 12.8 Å². The van der Waals surface area contributed by atoms with E-state index in [0.29, 0.717) is 12.2 Å². The molecule has 1 saturated heterocycles. The van der Waals surface area contributed by atoms with Crippen molar-refractivity contribution in [3.63, 3.8) is 0 Å². The van der Waals surface area contributed by atoms with Gasteiger partial charge in [0.25, 0.3) is 5.91 Å². The summed E-state index contributed by atoms with van der Waals surface area (Å²) in [6.07, 6.45) is 0.256. The molecule has 1 aromatic carbocycles.